The van der Waals surface area contributed by atoms with E-state index in [0.29, 0.717) is 5.69 Å². The number of benzene rings is 1. The first kappa shape index (κ1) is 25.2. The molecule has 0 spiro atoms. The Labute approximate surface area is 182 Å². The topological polar surface area (TPSA) is 77.1 Å². The van der Waals surface area contributed by atoms with E-state index in [0.717, 1.165) is 20.1 Å². The number of aromatic amines is 1. The summed E-state index contributed by atoms with van der Waals surface area (Å²) in [6.07, 6.45) is -4.84. The first-order valence-electron chi connectivity index (χ1n) is 8.81. The summed E-state index contributed by atoms with van der Waals surface area (Å²) >= 11 is 4.55. The van der Waals surface area contributed by atoms with Crippen molar-refractivity contribution in [2.24, 2.45) is 5.92 Å². The number of aromatic nitrogens is 2. The van der Waals surface area contributed by atoms with Gasteiger partial charge in [0.2, 0.25) is 0 Å². The maximum atomic E-state index is 14.4. The zero-order valence-corrected chi connectivity index (χ0v) is 17.5. The number of imidazole rings is 1. The molecule has 5 nitrogen and oxygen atoms in total. The third-order valence-corrected chi connectivity index (χ3v) is 5.88. The second-order valence-corrected chi connectivity index (χ2v) is 7.41. The van der Waals surface area contributed by atoms with E-state index in [1.54, 1.807) is 0 Å². The Kier molecular flexibility index (Phi) is 7.15. The van der Waals surface area contributed by atoms with E-state index in [9.17, 15) is 22.0 Å². The van der Waals surface area contributed by atoms with Crippen LogP contribution < -0.4 is 4.74 Å². The van der Waals surface area contributed by atoms with Crippen molar-refractivity contribution in [3.8, 4) is 5.75 Å². The van der Waals surface area contributed by atoms with Gasteiger partial charge in [-0.25, -0.2) is 0 Å². The van der Waals surface area contributed by atoms with Gasteiger partial charge >= 0.3 is 177 Å². The van der Waals surface area contributed by atoms with Crippen molar-refractivity contribution in [3.63, 3.8) is 0 Å². The number of ether oxygens (including phenoxy) is 2. The van der Waals surface area contributed by atoms with Gasteiger partial charge in [-0.1, -0.05) is 0 Å². The quantitative estimate of drug-likeness (QED) is 0.382. The third-order valence-electron chi connectivity index (χ3n) is 5.61. The molecular weight excluding hydrogens is 470 g/mol. The number of hydrogen-bond acceptors (Lipinski definition) is 4. The Morgan fingerprint density at radius 1 is 1.32 bits per heavy atom. The molecule has 0 amide bonds. The minimum Gasteiger partial charge on any atom is -0.870 e. The van der Waals surface area contributed by atoms with Gasteiger partial charge < -0.3 is 5.48 Å². The smallest absolute Gasteiger partial charge is 0.870 e. The van der Waals surface area contributed by atoms with Crippen molar-refractivity contribution in [3.05, 3.63) is 53.1 Å². The predicted octanol–water partition coefficient (Wildman–Crippen LogP) is 4.48. The van der Waals surface area contributed by atoms with Gasteiger partial charge in [0.05, 0.1) is 0 Å². The maximum absolute atomic E-state index is 14.4. The predicted molar refractivity (Wildman–Crippen MR) is 97.6 cm³/mol. The van der Waals surface area contributed by atoms with Crippen molar-refractivity contribution < 1.29 is 51.9 Å². The number of nitrogens with one attached hydrogen (secondary N) is 1. The van der Waals surface area contributed by atoms with Crippen LogP contribution in [0, 0.1) is 24.1 Å². The number of alkyl halides is 3. The number of H-pyrrole nitrogens is 1. The molecule has 2 heterocycles. The molecule has 0 unspecified atom stereocenters. The fraction of sp³-hybridized carbons (Fsp3) is 0.400. The van der Waals surface area contributed by atoms with Crippen molar-refractivity contribution in [2.75, 3.05) is 7.11 Å². The average Bonchev–Trinajstić information content (AvgIpc) is 3.23. The molecule has 1 aromatic carbocycles. The van der Waals surface area contributed by atoms with Crippen LogP contribution in [0.5, 0.6) is 5.75 Å². The molecule has 1 aliphatic rings. The average molecular weight is 489 g/mol. The summed E-state index contributed by atoms with van der Waals surface area (Å²) in [4.78, 5) is 8.29. The van der Waals surface area contributed by atoms with Gasteiger partial charge in [-0.05, 0) is 0 Å². The number of nitrogens with zero attached hydrogens (tertiary/aromatic N) is 1. The van der Waals surface area contributed by atoms with Crippen LogP contribution >= 0.6 is 0 Å². The summed E-state index contributed by atoms with van der Waals surface area (Å²) in [5.41, 5.74) is -1.98. The number of methoxy groups -OCH3 is 1. The van der Waals surface area contributed by atoms with E-state index in [2.05, 4.69) is 25.0 Å². The van der Waals surface area contributed by atoms with E-state index in [4.69, 9.17) is 16.1 Å². The fourth-order valence-electron chi connectivity index (χ4n) is 3.80. The molecule has 31 heavy (non-hydrogen) atoms. The van der Waals surface area contributed by atoms with Crippen LogP contribution in [-0.2, 0) is 19.8 Å². The minimum atomic E-state index is -4.74. The van der Waals surface area contributed by atoms with Crippen LogP contribution in [0.1, 0.15) is 48.6 Å². The second kappa shape index (κ2) is 8.80. The molecule has 1 fully saturated rings. The molecule has 2 aromatic rings. The van der Waals surface area contributed by atoms with Gasteiger partial charge in [0.1, 0.15) is 0 Å². The van der Waals surface area contributed by atoms with E-state index in [1.165, 1.54) is 24.1 Å². The first-order valence-corrected chi connectivity index (χ1v) is 9.38. The monoisotopic (exact) mass is 488 g/mol. The van der Waals surface area contributed by atoms with Crippen molar-refractivity contribution in [1.82, 2.24) is 9.97 Å². The van der Waals surface area contributed by atoms with E-state index in [-0.39, 0.29) is 22.6 Å². The second-order valence-electron chi connectivity index (χ2n) is 7.12. The summed E-state index contributed by atoms with van der Waals surface area (Å²) in [5.74, 6) is -5.19. The molecule has 11 heteroatoms. The molecule has 0 bridgehead atoms. The van der Waals surface area contributed by atoms with Crippen LogP contribution in [0.2, 0.25) is 0 Å². The summed E-state index contributed by atoms with van der Waals surface area (Å²) in [7, 11) is 1.11. The molecule has 4 atom stereocenters. The summed E-state index contributed by atoms with van der Waals surface area (Å²) in [6, 6.07) is 2.03. The van der Waals surface area contributed by atoms with Gasteiger partial charge in [-0.2, -0.15) is 0 Å². The van der Waals surface area contributed by atoms with Crippen LogP contribution in [0.25, 0.3) is 6.08 Å². The Morgan fingerprint density at radius 3 is 2.45 bits per heavy atom. The number of rotatable bonds is 5. The Bertz CT molecular complexity index is 968. The molecule has 1 aromatic heterocycles. The molecule has 1 aliphatic heterocycles. The van der Waals surface area contributed by atoms with E-state index < -0.39 is 47.1 Å². The van der Waals surface area contributed by atoms with Gasteiger partial charge in [0.25, 0.3) is 0 Å². The molecule has 174 valence electrons. The standard InChI is InChI=1S/C20H18F5N2O2.Ni.H2O/c1-6-13-10(3)26-18(27-13)17-14(9(2)19(4,29-17)20(23,24)25)11-7-8-12(21)15(22)16(11)28-5;;/h1,3,6-9,14,17H,2,4-5H3,(H,26,27);;1H2/q-1;;/p-1/t9-,14-,17+,19+;;/m0../s1. The van der Waals surface area contributed by atoms with Crippen LogP contribution in [0.15, 0.2) is 12.1 Å². The molecule has 2 N–H and O–H groups in total. The Balaban J connectivity index is 0.00000341. The zero-order valence-electron chi connectivity index (χ0n) is 16.5. The zero-order chi connectivity index (χ0) is 22.4. The van der Waals surface area contributed by atoms with Crippen molar-refractivity contribution in [2.45, 2.75) is 37.6 Å². The minimum absolute atomic E-state index is 0. The number of halogens is 5. The third kappa shape index (κ3) is 3.94. The first-order chi connectivity index (χ1) is 14.0. The van der Waals surface area contributed by atoms with E-state index in [1.807, 2.05) is 0 Å². The SMILES string of the molecule is [CH-]=Cc1[nH]c([C@@H]2O[C@@](C)(C(F)(F)F)[C@@H](C)[C@H]2c2ccc(F)c(F)c2OC)nc1[CH]=[Ni].[OH-]. The molecule has 1 saturated heterocycles. The van der Waals surface area contributed by atoms with Crippen molar-refractivity contribution in [1.29, 1.82) is 0 Å². The van der Waals surface area contributed by atoms with Crippen molar-refractivity contribution >= 4 is 11.1 Å². The van der Waals surface area contributed by atoms with Gasteiger partial charge in [0, 0.05) is 0 Å². The fourth-order valence-corrected chi connectivity index (χ4v) is 4.02. The largest absolute Gasteiger partial charge is 0.870 e. The summed E-state index contributed by atoms with van der Waals surface area (Å²) in [5, 5.41) is 0. The summed E-state index contributed by atoms with van der Waals surface area (Å²) in [6.45, 7) is 7.77. The van der Waals surface area contributed by atoms with Crippen LogP contribution in [-0.4, -0.2) is 39.3 Å². The van der Waals surface area contributed by atoms with Crippen LogP contribution in [0.4, 0.5) is 22.0 Å². The molecule has 0 aliphatic carbocycles. The van der Waals surface area contributed by atoms with Gasteiger partial charge in [0.15, 0.2) is 0 Å². The Hall–Kier alpha value is -2.10. The Morgan fingerprint density at radius 2 is 1.97 bits per heavy atom. The molecular formula is C20H19F5N2NiO3-2. The summed E-state index contributed by atoms with van der Waals surface area (Å²) < 4.78 is 80.4. The van der Waals surface area contributed by atoms with Gasteiger partial charge in [-0.3, -0.25) is 0 Å². The molecule has 0 radical (unpaired) electrons. The van der Waals surface area contributed by atoms with Gasteiger partial charge in [-0.15, -0.1) is 0 Å². The number of hydrogen-bond donors (Lipinski definition) is 1. The normalized spacial score (nSPS) is 25.8. The maximum Gasteiger partial charge on any atom is -0.870 e. The molecule has 3 rings (SSSR count). The van der Waals surface area contributed by atoms with E-state index >= 15 is 0 Å². The molecule has 0 saturated carbocycles. The van der Waals surface area contributed by atoms with Crippen LogP contribution in [0.3, 0.4) is 0 Å².